The maximum atomic E-state index is 11.1. The van der Waals surface area contributed by atoms with Gasteiger partial charge in [0.1, 0.15) is 6.04 Å². The Balaban J connectivity index is 2.65. The van der Waals surface area contributed by atoms with Crippen LogP contribution in [0.1, 0.15) is 13.3 Å². The van der Waals surface area contributed by atoms with Gasteiger partial charge in [0, 0.05) is 13.1 Å². The third-order valence-electron chi connectivity index (χ3n) is 2.49. The van der Waals surface area contributed by atoms with E-state index in [0.717, 1.165) is 12.0 Å². The van der Waals surface area contributed by atoms with Gasteiger partial charge in [0.05, 0.1) is 6.54 Å². The highest BCUT2D eigenvalue weighted by Crippen LogP contribution is 2.08. The van der Waals surface area contributed by atoms with Crippen molar-refractivity contribution in [1.82, 2.24) is 10.2 Å². The number of nitrogens with zero attached hydrogens (tertiary/aromatic N) is 1. The standard InChI is InChI=1S/C10H16N2O3/c1-3-7(2)5-12-6-9(13)11-4-8(12)10(14)15/h8H,2-6H2,1H3,(H,11,13)(H,14,15). The van der Waals surface area contributed by atoms with Crippen molar-refractivity contribution in [2.24, 2.45) is 0 Å². The van der Waals surface area contributed by atoms with Crippen molar-refractivity contribution in [2.45, 2.75) is 19.4 Å². The Bertz CT molecular complexity index is 288. The topological polar surface area (TPSA) is 69.6 Å². The van der Waals surface area contributed by atoms with Crippen molar-refractivity contribution in [3.63, 3.8) is 0 Å². The minimum atomic E-state index is -0.904. The Hall–Kier alpha value is -1.36. The summed E-state index contributed by atoms with van der Waals surface area (Å²) >= 11 is 0. The minimum absolute atomic E-state index is 0.128. The molecule has 2 N–H and O–H groups in total. The maximum Gasteiger partial charge on any atom is 0.322 e. The molecule has 0 aliphatic carbocycles. The molecule has 1 fully saturated rings. The first-order valence-corrected chi connectivity index (χ1v) is 4.94. The minimum Gasteiger partial charge on any atom is -0.480 e. The second-order valence-electron chi connectivity index (χ2n) is 3.67. The normalized spacial score (nSPS) is 22.2. The summed E-state index contributed by atoms with van der Waals surface area (Å²) in [5, 5.41) is 11.5. The monoisotopic (exact) mass is 212 g/mol. The lowest BCUT2D eigenvalue weighted by Crippen LogP contribution is -2.57. The SMILES string of the molecule is C=C(CC)CN1CC(=O)NCC1C(=O)O. The largest absolute Gasteiger partial charge is 0.480 e. The summed E-state index contributed by atoms with van der Waals surface area (Å²) in [5.74, 6) is -1.03. The van der Waals surface area contributed by atoms with Crippen molar-refractivity contribution in [1.29, 1.82) is 0 Å². The molecular formula is C10H16N2O3. The molecule has 1 heterocycles. The van der Waals surface area contributed by atoms with Gasteiger partial charge in [0.15, 0.2) is 0 Å². The first-order valence-electron chi connectivity index (χ1n) is 4.94. The molecule has 84 valence electrons. The molecule has 5 nitrogen and oxygen atoms in total. The molecule has 0 aromatic heterocycles. The molecule has 0 bridgehead atoms. The number of carboxylic acids is 1. The molecule has 1 aliphatic heterocycles. The van der Waals surface area contributed by atoms with Gasteiger partial charge in [-0.2, -0.15) is 0 Å². The van der Waals surface area contributed by atoms with Crippen molar-refractivity contribution < 1.29 is 14.7 Å². The summed E-state index contributed by atoms with van der Waals surface area (Å²) in [5.41, 5.74) is 0.941. The lowest BCUT2D eigenvalue weighted by Gasteiger charge is -2.32. The smallest absolute Gasteiger partial charge is 0.322 e. The highest BCUT2D eigenvalue weighted by atomic mass is 16.4. The molecule has 1 atom stereocenters. The number of rotatable bonds is 4. The number of carboxylic acid groups (broad SMARTS) is 1. The number of hydrogen-bond acceptors (Lipinski definition) is 3. The average molecular weight is 212 g/mol. The number of carbonyl (C=O) groups is 2. The fourth-order valence-electron chi connectivity index (χ4n) is 1.50. The van der Waals surface area contributed by atoms with E-state index in [-0.39, 0.29) is 19.0 Å². The van der Waals surface area contributed by atoms with Gasteiger partial charge < -0.3 is 10.4 Å². The van der Waals surface area contributed by atoms with Gasteiger partial charge in [-0.15, -0.1) is 0 Å². The third kappa shape index (κ3) is 3.06. The Kier molecular flexibility index (Phi) is 3.85. The summed E-state index contributed by atoms with van der Waals surface area (Å²) in [4.78, 5) is 23.7. The van der Waals surface area contributed by atoms with Crippen LogP contribution in [0.15, 0.2) is 12.2 Å². The number of carbonyl (C=O) groups excluding carboxylic acids is 1. The second kappa shape index (κ2) is 4.93. The number of hydrogen-bond donors (Lipinski definition) is 2. The van der Waals surface area contributed by atoms with Gasteiger partial charge in [-0.25, -0.2) is 0 Å². The van der Waals surface area contributed by atoms with Crippen LogP contribution < -0.4 is 5.32 Å². The lowest BCUT2D eigenvalue weighted by molar-refractivity contribution is -0.145. The van der Waals surface area contributed by atoms with Crippen LogP contribution in [0, 0.1) is 0 Å². The molecule has 1 amide bonds. The highest BCUT2D eigenvalue weighted by Gasteiger charge is 2.31. The van der Waals surface area contributed by atoms with Gasteiger partial charge in [0.25, 0.3) is 0 Å². The Morgan fingerprint density at radius 1 is 1.73 bits per heavy atom. The molecule has 1 rings (SSSR count). The van der Waals surface area contributed by atoms with Crippen LogP contribution in [0.4, 0.5) is 0 Å². The number of nitrogens with one attached hydrogen (secondary N) is 1. The lowest BCUT2D eigenvalue weighted by atomic mass is 10.1. The van der Waals surface area contributed by atoms with Crippen molar-refractivity contribution in [3.05, 3.63) is 12.2 Å². The van der Waals surface area contributed by atoms with E-state index in [0.29, 0.717) is 6.54 Å². The Morgan fingerprint density at radius 3 is 2.93 bits per heavy atom. The average Bonchev–Trinajstić information content (AvgIpc) is 2.17. The van der Waals surface area contributed by atoms with Crippen LogP contribution >= 0.6 is 0 Å². The van der Waals surface area contributed by atoms with Crippen LogP contribution in [-0.4, -0.2) is 47.6 Å². The molecule has 0 radical (unpaired) electrons. The van der Waals surface area contributed by atoms with E-state index < -0.39 is 12.0 Å². The first-order chi connectivity index (χ1) is 7.04. The maximum absolute atomic E-state index is 11.1. The number of piperazine rings is 1. The third-order valence-corrected chi connectivity index (χ3v) is 2.49. The zero-order chi connectivity index (χ0) is 11.4. The van der Waals surface area contributed by atoms with Crippen LogP contribution in [-0.2, 0) is 9.59 Å². The molecule has 0 aromatic carbocycles. The van der Waals surface area contributed by atoms with Gasteiger partial charge >= 0.3 is 5.97 Å². The zero-order valence-electron chi connectivity index (χ0n) is 8.82. The van der Waals surface area contributed by atoms with E-state index in [1.165, 1.54) is 0 Å². The van der Waals surface area contributed by atoms with Gasteiger partial charge in [-0.05, 0) is 6.42 Å². The summed E-state index contributed by atoms with van der Waals surface area (Å²) < 4.78 is 0. The number of amides is 1. The van der Waals surface area contributed by atoms with Crippen LogP contribution in [0.3, 0.4) is 0 Å². The molecule has 1 saturated heterocycles. The van der Waals surface area contributed by atoms with Crippen LogP contribution in [0.5, 0.6) is 0 Å². The summed E-state index contributed by atoms with van der Waals surface area (Å²) in [6.07, 6.45) is 0.796. The molecule has 0 aromatic rings. The molecule has 0 saturated carbocycles. The first kappa shape index (κ1) is 11.7. The van der Waals surface area contributed by atoms with Gasteiger partial charge in [-0.3, -0.25) is 14.5 Å². The van der Waals surface area contributed by atoms with Crippen molar-refractivity contribution >= 4 is 11.9 Å². The summed E-state index contributed by atoms with van der Waals surface area (Å²) in [6, 6.07) is -0.633. The zero-order valence-corrected chi connectivity index (χ0v) is 8.82. The van der Waals surface area contributed by atoms with Crippen LogP contribution in [0.2, 0.25) is 0 Å². The van der Waals surface area contributed by atoms with Crippen molar-refractivity contribution in [2.75, 3.05) is 19.6 Å². The molecule has 5 heteroatoms. The molecule has 0 spiro atoms. The molecular weight excluding hydrogens is 196 g/mol. The second-order valence-corrected chi connectivity index (χ2v) is 3.67. The molecule has 15 heavy (non-hydrogen) atoms. The molecule has 1 aliphatic rings. The van der Waals surface area contributed by atoms with E-state index >= 15 is 0 Å². The Morgan fingerprint density at radius 2 is 2.40 bits per heavy atom. The van der Waals surface area contributed by atoms with E-state index in [2.05, 4.69) is 11.9 Å². The fraction of sp³-hybridized carbons (Fsp3) is 0.600. The van der Waals surface area contributed by atoms with E-state index in [1.54, 1.807) is 4.90 Å². The highest BCUT2D eigenvalue weighted by molar-refractivity contribution is 5.83. The Labute approximate surface area is 88.8 Å². The van der Waals surface area contributed by atoms with E-state index in [9.17, 15) is 9.59 Å². The molecule has 1 unspecified atom stereocenters. The van der Waals surface area contributed by atoms with E-state index in [4.69, 9.17) is 5.11 Å². The summed E-state index contributed by atoms with van der Waals surface area (Å²) in [7, 11) is 0. The predicted molar refractivity (Wildman–Crippen MR) is 55.4 cm³/mol. The number of aliphatic carboxylic acids is 1. The fourth-order valence-corrected chi connectivity index (χ4v) is 1.50. The quantitative estimate of drug-likeness (QED) is 0.635. The van der Waals surface area contributed by atoms with Gasteiger partial charge in [-0.1, -0.05) is 19.1 Å². The summed E-state index contributed by atoms with van der Waals surface area (Å²) in [6.45, 7) is 6.56. The predicted octanol–water partition coefficient (Wildman–Crippen LogP) is -0.162. The van der Waals surface area contributed by atoms with Crippen molar-refractivity contribution in [3.8, 4) is 0 Å². The van der Waals surface area contributed by atoms with Crippen LogP contribution in [0.25, 0.3) is 0 Å². The van der Waals surface area contributed by atoms with E-state index in [1.807, 2.05) is 6.92 Å². The van der Waals surface area contributed by atoms with Gasteiger partial charge in [0.2, 0.25) is 5.91 Å².